The molecule has 0 aliphatic rings. The number of anilines is 1. The predicted octanol–water partition coefficient (Wildman–Crippen LogP) is 5.67. The lowest BCUT2D eigenvalue weighted by Gasteiger charge is -2.14. The molecular formula is C24H30BrN3O3S. The molecule has 2 rings (SSSR count). The summed E-state index contributed by atoms with van der Waals surface area (Å²) in [6, 6.07) is 12.3. The van der Waals surface area contributed by atoms with E-state index in [0.29, 0.717) is 29.2 Å². The van der Waals surface area contributed by atoms with Crippen molar-refractivity contribution >= 4 is 50.8 Å². The van der Waals surface area contributed by atoms with Gasteiger partial charge in [-0.2, -0.15) is 0 Å². The molecule has 8 heteroatoms. The van der Waals surface area contributed by atoms with Gasteiger partial charge in [-0.3, -0.25) is 14.9 Å². The quantitative estimate of drug-likeness (QED) is 0.278. The van der Waals surface area contributed by atoms with Crippen molar-refractivity contribution in [1.29, 1.82) is 0 Å². The molecule has 0 aliphatic carbocycles. The molecule has 2 amide bonds. The van der Waals surface area contributed by atoms with E-state index in [2.05, 4.69) is 38.8 Å². The van der Waals surface area contributed by atoms with Crippen LogP contribution >= 0.6 is 28.1 Å². The number of hydrogen-bond acceptors (Lipinski definition) is 4. The monoisotopic (exact) mass is 519 g/mol. The first kappa shape index (κ1) is 25.8. The molecule has 3 N–H and O–H groups in total. The van der Waals surface area contributed by atoms with E-state index in [-0.39, 0.29) is 23.0 Å². The molecule has 0 aliphatic heterocycles. The van der Waals surface area contributed by atoms with Crippen LogP contribution in [0.4, 0.5) is 5.69 Å². The molecule has 0 unspecified atom stereocenters. The molecule has 0 saturated heterocycles. The van der Waals surface area contributed by atoms with Gasteiger partial charge < -0.3 is 15.4 Å². The van der Waals surface area contributed by atoms with Crippen molar-refractivity contribution in [3.05, 3.63) is 58.1 Å². The van der Waals surface area contributed by atoms with Crippen molar-refractivity contribution in [3.8, 4) is 5.75 Å². The lowest BCUT2D eigenvalue weighted by Crippen LogP contribution is -2.34. The number of halogens is 1. The van der Waals surface area contributed by atoms with Gasteiger partial charge >= 0.3 is 0 Å². The van der Waals surface area contributed by atoms with Crippen molar-refractivity contribution in [2.24, 2.45) is 0 Å². The van der Waals surface area contributed by atoms with Crippen molar-refractivity contribution in [3.63, 3.8) is 0 Å². The fourth-order valence-electron chi connectivity index (χ4n) is 2.93. The Morgan fingerprint density at radius 2 is 1.84 bits per heavy atom. The number of nitrogens with one attached hydrogen (secondary N) is 3. The number of amides is 2. The average Bonchev–Trinajstić information content (AvgIpc) is 2.74. The maximum atomic E-state index is 12.8. The number of benzene rings is 2. The van der Waals surface area contributed by atoms with Gasteiger partial charge in [-0.25, -0.2) is 0 Å². The van der Waals surface area contributed by atoms with Gasteiger partial charge in [-0.05, 0) is 68.9 Å². The number of carbonyl (C=O) groups is 2. The second-order valence-corrected chi connectivity index (χ2v) is 8.99. The second-order valence-electron chi connectivity index (χ2n) is 7.67. The van der Waals surface area contributed by atoms with Crippen molar-refractivity contribution < 1.29 is 14.3 Å². The van der Waals surface area contributed by atoms with Crippen LogP contribution < -0.4 is 20.7 Å². The molecule has 0 heterocycles. The summed E-state index contributed by atoms with van der Waals surface area (Å²) < 4.78 is 6.61. The van der Waals surface area contributed by atoms with Crippen molar-refractivity contribution in [1.82, 2.24) is 10.6 Å². The summed E-state index contributed by atoms with van der Waals surface area (Å²) in [5.74, 6) is -0.0353. The molecule has 0 radical (unpaired) electrons. The fraction of sp³-hybridized carbons (Fsp3) is 0.375. The normalized spacial score (nSPS) is 10.5. The van der Waals surface area contributed by atoms with E-state index in [1.165, 1.54) is 0 Å². The number of rotatable bonds is 10. The Balaban J connectivity index is 2.01. The number of carbonyl (C=O) groups excluding carboxylic acids is 2. The van der Waals surface area contributed by atoms with Crippen LogP contribution in [0, 0.1) is 0 Å². The highest BCUT2D eigenvalue weighted by Gasteiger charge is 2.15. The molecular weight excluding hydrogens is 490 g/mol. The Hall–Kier alpha value is -2.45. The zero-order valence-electron chi connectivity index (χ0n) is 18.7. The first-order chi connectivity index (χ1) is 15.3. The van der Waals surface area contributed by atoms with Crippen LogP contribution in [-0.4, -0.2) is 29.6 Å². The minimum absolute atomic E-state index is 0.0349. The van der Waals surface area contributed by atoms with Gasteiger partial charge in [0.25, 0.3) is 11.8 Å². The third kappa shape index (κ3) is 8.59. The second kappa shape index (κ2) is 13.2. The average molecular weight is 520 g/mol. The minimum Gasteiger partial charge on any atom is -0.493 e. The Labute approximate surface area is 203 Å². The minimum atomic E-state index is -0.374. The van der Waals surface area contributed by atoms with Crippen LogP contribution in [0.5, 0.6) is 5.75 Å². The van der Waals surface area contributed by atoms with Crippen molar-refractivity contribution in [2.45, 2.75) is 52.5 Å². The molecule has 6 nitrogen and oxygen atoms in total. The van der Waals surface area contributed by atoms with Crippen LogP contribution in [0.3, 0.4) is 0 Å². The van der Waals surface area contributed by atoms with E-state index in [1.807, 2.05) is 19.9 Å². The Morgan fingerprint density at radius 1 is 1.06 bits per heavy atom. The number of thiocarbonyl (C=S) groups is 1. The number of ether oxygens (including phenoxy) is 1. The fourth-order valence-corrected chi connectivity index (χ4v) is 3.50. The summed E-state index contributed by atoms with van der Waals surface area (Å²) in [5, 5.41) is 8.62. The molecule has 0 atom stereocenters. The number of unbranched alkanes of at least 4 members (excludes halogenated alkanes) is 3. The molecule has 0 saturated carbocycles. The SMILES string of the molecule is CCCCCCOc1ccc(Br)cc1C(=O)NC(=S)Nc1cccc(C(=O)NC(C)C)c1. The van der Waals surface area contributed by atoms with Crippen LogP contribution in [-0.2, 0) is 0 Å². The molecule has 32 heavy (non-hydrogen) atoms. The van der Waals surface area contributed by atoms with Crippen LogP contribution in [0.1, 0.15) is 67.2 Å². The van der Waals surface area contributed by atoms with Gasteiger partial charge in [0.2, 0.25) is 0 Å². The molecule has 2 aromatic rings. The van der Waals surface area contributed by atoms with E-state index < -0.39 is 0 Å². The topological polar surface area (TPSA) is 79.5 Å². The highest BCUT2D eigenvalue weighted by Crippen LogP contribution is 2.24. The third-order valence-electron chi connectivity index (χ3n) is 4.47. The summed E-state index contributed by atoms with van der Waals surface area (Å²) >= 11 is 8.71. The van der Waals surface area contributed by atoms with Gasteiger partial charge in [-0.1, -0.05) is 48.2 Å². The highest BCUT2D eigenvalue weighted by atomic mass is 79.9. The molecule has 0 aromatic heterocycles. The van der Waals surface area contributed by atoms with Gasteiger partial charge in [0.15, 0.2) is 5.11 Å². The van der Waals surface area contributed by atoms with Gasteiger partial charge in [0.05, 0.1) is 12.2 Å². The van der Waals surface area contributed by atoms with E-state index in [0.717, 1.165) is 30.2 Å². The van der Waals surface area contributed by atoms with E-state index in [1.54, 1.807) is 36.4 Å². The first-order valence-corrected chi connectivity index (χ1v) is 12.0. The largest absolute Gasteiger partial charge is 0.493 e. The smallest absolute Gasteiger partial charge is 0.261 e. The molecule has 0 bridgehead atoms. The first-order valence-electron chi connectivity index (χ1n) is 10.8. The summed E-state index contributed by atoms with van der Waals surface area (Å²) in [4.78, 5) is 25.1. The maximum absolute atomic E-state index is 12.8. The van der Waals surface area contributed by atoms with E-state index >= 15 is 0 Å². The van der Waals surface area contributed by atoms with Gasteiger partial charge in [0.1, 0.15) is 5.75 Å². The molecule has 0 spiro atoms. The van der Waals surface area contributed by atoms with Crippen LogP contribution in [0.15, 0.2) is 46.9 Å². The Morgan fingerprint density at radius 3 is 2.56 bits per heavy atom. The standard InChI is InChI=1S/C24H30BrN3O3S/c1-4-5-6-7-13-31-21-12-11-18(25)15-20(21)23(30)28-24(32)27-19-10-8-9-17(14-19)22(29)26-16(2)3/h8-12,14-16H,4-7,13H2,1-3H3,(H,26,29)(H2,27,28,30,32). The van der Waals surface area contributed by atoms with Crippen molar-refractivity contribution in [2.75, 3.05) is 11.9 Å². The van der Waals surface area contributed by atoms with E-state index in [9.17, 15) is 9.59 Å². The molecule has 2 aromatic carbocycles. The Kier molecular flexibility index (Phi) is 10.6. The van der Waals surface area contributed by atoms with Crippen LogP contribution in [0.2, 0.25) is 0 Å². The Bertz CT molecular complexity index is 950. The molecule has 0 fully saturated rings. The summed E-state index contributed by atoms with van der Waals surface area (Å²) in [5.41, 5.74) is 1.50. The predicted molar refractivity (Wildman–Crippen MR) is 137 cm³/mol. The van der Waals surface area contributed by atoms with Gasteiger partial charge in [-0.15, -0.1) is 0 Å². The summed E-state index contributed by atoms with van der Waals surface area (Å²) in [6.45, 7) is 6.51. The van der Waals surface area contributed by atoms with Gasteiger partial charge in [0, 0.05) is 21.8 Å². The zero-order valence-corrected chi connectivity index (χ0v) is 21.1. The highest BCUT2D eigenvalue weighted by molar-refractivity contribution is 9.10. The summed E-state index contributed by atoms with van der Waals surface area (Å²) in [7, 11) is 0. The maximum Gasteiger partial charge on any atom is 0.261 e. The summed E-state index contributed by atoms with van der Waals surface area (Å²) in [6.07, 6.45) is 4.35. The van der Waals surface area contributed by atoms with Crippen LogP contribution in [0.25, 0.3) is 0 Å². The zero-order chi connectivity index (χ0) is 23.5. The number of hydrogen-bond donors (Lipinski definition) is 3. The van der Waals surface area contributed by atoms with E-state index in [4.69, 9.17) is 17.0 Å². The lowest BCUT2D eigenvalue weighted by molar-refractivity contribution is 0.0940. The molecule has 172 valence electrons. The lowest BCUT2D eigenvalue weighted by atomic mass is 10.1. The third-order valence-corrected chi connectivity index (χ3v) is 5.17.